The molecule has 0 spiro atoms. The summed E-state index contributed by atoms with van der Waals surface area (Å²) in [6.07, 6.45) is 3.69. The highest BCUT2D eigenvalue weighted by atomic mass is 35.5. The number of halogens is 2. The van der Waals surface area contributed by atoms with Crippen molar-refractivity contribution in [3.8, 4) is 5.75 Å². The average molecular weight is 378 g/mol. The summed E-state index contributed by atoms with van der Waals surface area (Å²) in [6, 6.07) is 5.70. The van der Waals surface area contributed by atoms with Crippen LogP contribution in [0.5, 0.6) is 5.75 Å². The molecule has 2 fully saturated rings. The maximum absolute atomic E-state index is 11.3. The van der Waals surface area contributed by atoms with Gasteiger partial charge in [-0.2, -0.15) is 0 Å². The highest BCUT2D eigenvalue weighted by Gasteiger charge is 2.31. The van der Waals surface area contributed by atoms with Gasteiger partial charge in [0.15, 0.2) is 5.75 Å². The predicted molar refractivity (Wildman–Crippen MR) is 98.7 cm³/mol. The molecule has 0 radical (unpaired) electrons. The monoisotopic (exact) mass is 377 g/mol. The van der Waals surface area contributed by atoms with Gasteiger partial charge in [-0.25, -0.2) is 0 Å². The number of benzene rings is 1. The first-order valence-corrected chi connectivity index (χ1v) is 7.96. The molecule has 1 heterocycles. The number of nitro benzene ring substituents is 1. The van der Waals surface area contributed by atoms with E-state index in [0.717, 1.165) is 44.1 Å². The van der Waals surface area contributed by atoms with Crippen LogP contribution in [-0.4, -0.2) is 43.1 Å². The lowest BCUT2D eigenvalue weighted by Gasteiger charge is -2.35. The fraction of sp³-hybridized carbons (Fsp3) is 0.625. The molecule has 24 heavy (non-hydrogen) atoms. The Hall–Kier alpha value is -1.08. The van der Waals surface area contributed by atoms with E-state index in [1.807, 2.05) is 6.07 Å². The molecule has 136 valence electrons. The van der Waals surface area contributed by atoms with Crippen molar-refractivity contribution in [2.45, 2.75) is 25.3 Å². The molecule has 2 aliphatic rings. The van der Waals surface area contributed by atoms with Crippen molar-refractivity contribution in [3.05, 3.63) is 33.9 Å². The number of hydrogen-bond acceptors (Lipinski definition) is 5. The summed E-state index contributed by atoms with van der Waals surface area (Å²) in [4.78, 5) is 13.4. The topological polar surface area (TPSA) is 67.6 Å². The SMILES string of the molecule is COc1ccc([C@H](CC2CC2)N2CCNCC2)cc1[N+](=O)[O-].Cl.Cl. The largest absolute Gasteiger partial charge is 0.490 e. The van der Waals surface area contributed by atoms with E-state index >= 15 is 0 Å². The zero-order chi connectivity index (χ0) is 15.5. The number of piperazine rings is 1. The van der Waals surface area contributed by atoms with Gasteiger partial charge in [-0.05, 0) is 24.0 Å². The van der Waals surface area contributed by atoms with Gasteiger partial charge >= 0.3 is 5.69 Å². The van der Waals surface area contributed by atoms with E-state index in [1.165, 1.54) is 20.0 Å². The third-order valence-corrected chi connectivity index (χ3v) is 4.63. The van der Waals surface area contributed by atoms with Crippen LogP contribution in [0.1, 0.15) is 30.9 Å². The number of methoxy groups -OCH3 is 1. The zero-order valence-electron chi connectivity index (χ0n) is 13.8. The van der Waals surface area contributed by atoms with Crippen LogP contribution in [0.2, 0.25) is 0 Å². The minimum atomic E-state index is -0.353. The lowest BCUT2D eigenvalue weighted by molar-refractivity contribution is -0.385. The molecule has 8 heteroatoms. The Morgan fingerprint density at radius 1 is 1.33 bits per heavy atom. The summed E-state index contributed by atoms with van der Waals surface area (Å²) in [5.74, 6) is 1.11. The molecule has 1 aliphatic carbocycles. The van der Waals surface area contributed by atoms with Crippen molar-refractivity contribution in [2.75, 3.05) is 33.3 Å². The van der Waals surface area contributed by atoms with Crippen LogP contribution < -0.4 is 10.1 Å². The quantitative estimate of drug-likeness (QED) is 0.608. The minimum absolute atomic E-state index is 0. The number of rotatable bonds is 6. The summed E-state index contributed by atoms with van der Waals surface area (Å²) >= 11 is 0. The predicted octanol–water partition coefficient (Wildman–Crippen LogP) is 3.19. The molecule has 1 atom stereocenters. The van der Waals surface area contributed by atoms with Gasteiger partial charge in [0.2, 0.25) is 0 Å². The third kappa shape index (κ3) is 4.96. The van der Waals surface area contributed by atoms with Gasteiger partial charge in [-0.3, -0.25) is 15.0 Å². The summed E-state index contributed by atoms with van der Waals surface area (Å²) in [5, 5.41) is 14.6. The van der Waals surface area contributed by atoms with Crippen molar-refractivity contribution in [1.82, 2.24) is 10.2 Å². The maximum Gasteiger partial charge on any atom is 0.311 e. The Kier molecular flexibility index (Phi) is 8.22. The van der Waals surface area contributed by atoms with E-state index in [1.54, 1.807) is 12.1 Å². The van der Waals surface area contributed by atoms with Crippen LogP contribution in [0.25, 0.3) is 0 Å². The van der Waals surface area contributed by atoms with Gasteiger partial charge in [-0.1, -0.05) is 18.9 Å². The van der Waals surface area contributed by atoms with Gasteiger partial charge in [-0.15, -0.1) is 24.8 Å². The molecule has 1 aromatic rings. The highest BCUT2D eigenvalue weighted by molar-refractivity contribution is 5.85. The molecule has 6 nitrogen and oxygen atoms in total. The summed E-state index contributed by atoms with van der Waals surface area (Å²) < 4.78 is 5.12. The zero-order valence-corrected chi connectivity index (χ0v) is 15.4. The molecular weight excluding hydrogens is 353 g/mol. The Labute approximate surface area is 154 Å². The molecule has 0 bridgehead atoms. The first kappa shape index (κ1) is 21.0. The van der Waals surface area contributed by atoms with Crippen molar-refractivity contribution >= 4 is 30.5 Å². The van der Waals surface area contributed by atoms with Crippen LogP contribution in [0.4, 0.5) is 5.69 Å². The Morgan fingerprint density at radius 2 is 2.00 bits per heavy atom. The van der Waals surface area contributed by atoms with Crippen molar-refractivity contribution in [1.29, 1.82) is 0 Å². The van der Waals surface area contributed by atoms with Gasteiger partial charge in [0.1, 0.15) is 0 Å². The molecule has 1 aliphatic heterocycles. The second-order valence-electron chi connectivity index (χ2n) is 6.17. The Morgan fingerprint density at radius 3 is 2.54 bits per heavy atom. The van der Waals surface area contributed by atoms with E-state index < -0.39 is 0 Å². The van der Waals surface area contributed by atoms with Crippen LogP contribution in [0.15, 0.2) is 18.2 Å². The van der Waals surface area contributed by atoms with E-state index in [2.05, 4.69) is 10.2 Å². The highest BCUT2D eigenvalue weighted by Crippen LogP contribution is 2.41. The molecule has 3 rings (SSSR count). The fourth-order valence-electron chi connectivity index (χ4n) is 3.22. The molecular formula is C16H25Cl2N3O3. The van der Waals surface area contributed by atoms with Crippen LogP contribution in [0.3, 0.4) is 0 Å². The van der Waals surface area contributed by atoms with Crippen LogP contribution in [0, 0.1) is 16.0 Å². The minimum Gasteiger partial charge on any atom is -0.490 e. The van der Waals surface area contributed by atoms with Gasteiger partial charge in [0.05, 0.1) is 12.0 Å². The second kappa shape index (κ2) is 9.42. The lowest BCUT2D eigenvalue weighted by atomic mass is 9.98. The third-order valence-electron chi connectivity index (χ3n) is 4.63. The van der Waals surface area contributed by atoms with Gasteiger partial charge in [0.25, 0.3) is 0 Å². The molecule has 0 unspecified atom stereocenters. The summed E-state index contributed by atoms with van der Waals surface area (Å²) in [7, 11) is 1.47. The van der Waals surface area contributed by atoms with E-state index in [9.17, 15) is 10.1 Å². The van der Waals surface area contributed by atoms with Crippen molar-refractivity contribution in [3.63, 3.8) is 0 Å². The number of nitrogens with one attached hydrogen (secondary N) is 1. The van der Waals surface area contributed by atoms with Crippen LogP contribution >= 0.6 is 24.8 Å². The molecule has 1 saturated heterocycles. The number of ether oxygens (including phenoxy) is 1. The Balaban J connectivity index is 0.00000144. The maximum atomic E-state index is 11.3. The molecule has 1 aromatic carbocycles. The van der Waals surface area contributed by atoms with E-state index in [0.29, 0.717) is 5.75 Å². The molecule has 1 saturated carbocycles. The molecule has 0 amide bonds. The fourth-order valence-corrected chi connectivity index (χ4v) is 3.22. The second-order valence-corrected chi connectivity index (χ2v) is 6.17. The standard InChI is InChI=1S/C16H23N3O3.2ClH/c1-22-16-5-4-13(11-15(16)19(20)21)14(10-12-2-3-12)18-8-6-17-7-9-18;;/h4-5,11-12,14,17H,2-3,6-10H2,1H3;2*1H/t14-;;/m0../s1. The normalized spacial score (nSPS) is 18.9. The van der Waals surface area contributed by atoms with Crippen LogP contribution in [-0.2, 0) is 0 Å². The van der Waals surface area contributed by atoms with E-state index in [4.69, 9.17) is 4.74 Å². The number of nitro groups is 1. The first-order chi connectivity index (χ1) is 10.7. The molecule has 0 aromatic heterocycles. The van der Waals surface area contributed by atoms with Gasteiger partial charge < -0.3 is 10.1 Å². The van der Waals surface area contributed by atoms with Crippen molar-refractivity contribution < 1.29 is 9.66 Å². The summed E-state index contributed by atoms with van der Waals surface area (Å²) in [6.45, 7) is 3.97. The average Bonchev–Trinajstić information content (AvgIpc) is 3.37. The number of nitrogens with zero attached hydrogens (tertiary/aromatic N) is 2. The lowest BCUT2D eigenvalue weighted by Crippen LogP contribution is -2.45. The summed E-state index contributed by atoms with van der Waals surface area (Å²) in [5.41, 5.74) is 1.11. The Bertz CT molecular complexity index is 549. The first-order valence-electron chi connectivity index (χ1n) is 7.96. The van der Waals surface area contributed by atoms with Gasteiger partial charge in [0, 0.05) is 38.3 Å². The molecule has 1 N–H and O–H groups in total. The van der Waals surface area contributed by atoms with E-state index in [-0.39, 0.29) is 41.5 Å². The smallest absolute Gasteiger partial charge is 0.311 e. The number of hydrogen-bond donors (Lipinski definition) is 1. The van der Waals surface area contributed by atoms with Crippen molar-refractivity contribution in [2.24, 2.45) is 5.92 Å².